The number of guanidine groups is 1. The Morgan fingerprint density at radius 1 is 1.32 bits per heavy atom. The average Bonchev–Trinajstić information content (AvgIpc) is 2.99. The zero-order valence-corrected chi connectivity index (χ0v) is 15.3. The minimum Gasteiger partial charge on any atom is -0.459 e. The first-order chi connectivity index (χ1) is 10.2. The van der Waals surface area contributed by atoms with Gasteiger partial charge in [0, 0.05) is 39.3 Å². The molecule has 3 rings (SSSR count). The van der Waals surface area contributed by atoms with E-state index in [0.717, 1.165) is 25.0 Å². The van der Waals surface area contributed by atoms with Gasteiger partial charge in [-0.15, -0.1) is 24.0 Å². The minimum absolute atomic E-state index is 0. The lowest BCUT2D eigenvalue weighted by Gasteiger charge is -2.36. The molecule has 1 aromatic rings. The number of furan rings is 1. The molecule has 1 saturated carbocycles. The Morgan fingerprint density at radius 2 is 1.95 bits per heavy atom. The number of nitrogens with one attached hydrogen (secondary N) is 1. The SMILES string of the molecule is CN=C(NC1CC1C)N1CCN(C(=O)c2ccco2)CC1.I. The number of nitrogens with zero attached hydrogens (tertiary/aromatic N) is 3. The van der Waals surface area contributed by atoms with Gasteiger partial charge in [0.15, 0.2) is 11.7 Å². The van der Waals surface area contributed by atoms with Crippen LogP contribution in [0, 0.1) is 5.92 Å². The molecule has 0 spiro atoms. The zero-order chi connectivity index (χ0) is 14.8. The molecule has 2 fully saturated rings. The molecule has 1 aliphatic carbocycles. The Kier molecular flexibility index (Phi) is 5.71. The zero-order valence-electron chi connectivity index (χ0n) is 13.0. The van der Waals surface area contributed by atoms with Crippen molar-refractivity contribution < 1.29 is 9.21 Å². The molecule has 7 heteroatoms. The predicted molar refractivity (Wildman–Crippen MR) is 95.7 cm³/mol. The van der Waals surface area contributed by atoms with E-state index in [0.29, 0.717) is 24.9 Å². The van der Waals surface area contributed by atoms with Crippen LogP contribution >= 0.6 is 24.0 Å². The van der Waals surface area contributed by atoms with E-state index in [1.807, 2.05) is 11.9 Å². The highest BCUT2D eigenvalue weighted by Gasteiger charge is 2.34. The van der Waals surface area contributed by atoms with E-state index in [1.165, 1.54) is 12.7 Å². The topological polar surface area (TPSA) is 61.1 Å². The summed E-state index contributed by atoms with van der Waals surface area (Å²) in [5, 5.41) is 3.49. The summed E-state index contributed by atoms with van der Waals surface area (Å²) in [5.41, 5.74) is 0. The van der Waals surface area contributed by atoms with Crippen molar-refractivity contribution in [1.29, 1.82) is 0 Å². The number of amides is 1. The van der Waals surface area contributed by atoms with Gasteiger partial charge in [0.1, 0.15) is 0 Å². The molecule has 1 saturated heterocycles. The molecular formula is C15H23IN4O2. The van der Waals surface area contributed by atoms with Crippen LogP contribution in [0.5, 0.6) is 0 Å². The van der Waals surface area contributed by atoms with E-state index in [9.17, 15) is 4.79 Å². The first-order valence-corrected chi connectivity index (χ1v) is 7.50. The van der Waals surface area contributed by atoms with Crippen LogP contribution in [0.3, 0.4) is 0 Å². The molecular weight excluding hydrogens is 395 g/mol. The number of rotatable bonds is 2. The highest BCUT2D eigenvalue weighted by molar-refractivity contribution is 14.0. The van der Waals surface area contributed by atoms with Crippen molar-refractivity contribution >= 4 is 35.8 Å². The van der Waals surface area contributed by atoms with Crippen molar-refractivity contribution in [3.05, 3.63) is 24.2 Å². The van der Waals surface area contributed by atoms with Gasteiger partial charge in [-0.25, -0.2) is 0 Å². The molecule has 1 aromatic heterocycles. The summed E-state index contributed by atoms with van der Waals surface area (Å²) in [4.78, 5) is 20.6. The fraction of sp³-hybridized carbons (Fsp3) is 0.600. The third kappa shape index (κ3) is 3.74. The largest absolute Gasteiger partial charge is 0.459 e. The van der Waals surface area contributed by atoms with Gasteiger partial charge in [-0.05, 0) is 24.5 Å². The van der Waals surface area contributed by atoms with Crippen LogP contribution in [0.1, 0.15) is 23.9 Å². The number of halogens is 1. The van der Waals surface area contributed by atoms with E-state index in [-0.39, 0.29) is 29.9 Å². The number of carbonyl (C=O) groups excluding carboxylic acids is 1. The molecule has 2 heterocycles. The monoisotopic (exact) mass is 418 g/mol. The normalized spacial score (nSPS) is 24.7. The maximum absolute atomic E-state index is 12.2. The number of piperazine rings is 1. The second-order valence-corrected chi connectivity index (χ2v) is 5.77. The second-order valence-electron chi connectivity index (χ2n) is 5.77. The fourth-order valence-corrected chi connectivity index (χ4v) is 2.66. The molecule has 0 radical (unpaired) electrons. The number of hydrogen-bond acceptors (Lipinski definition) is 3. The lowest BCUT2D eigenvalue weighted by molar-refractivity contribution is 0.0657. The lowest BCUT2D eigenvalue weighted by Crippen LogP contribution is -2.54. The van der Waals surface area contributed by atoms with Gasteiger partial charge >= 0.3 is 0 Å². The molecule has 2 unspecified atom stereocenters. The Balaban J connectivity index is 0.00000176. The summed E-state index contributed by atoms with van der Waals surface area (Å²) < 4.78 is 5.18. The first kappa shape index (κ1) is 17.1. The van der Waals surface area contributed by atoms with Gasteiger partial charge in [-0.2, -0.15) is 0 Å². The molecule has 1 aliphatic heterocycles. The summed E-state index contributed by atoms with van der Waals surface area (Å²) in [5.74, 6) is 2.08. The van der Waals surface area contributed by atoms with E-state index < -0.39 is 0 Å². The van der Waals surface area contributed by atoms with Crippen LogP contribution < -0.4 is 5.32 Å². The van der Waals surface area contributed by atoms with Crippen LogP contribution in [0.25, 0.3) is 0 Å². The maximum atomic E-state index is 12.2. The summed E-state index contributed by atoms with van der Waals surface area (Å²) in [6.07, 6.45) is 2.75. The van der Waals surface area contributed by atoms with Crippen LogP contribution in [0.2, 0.25) is 0 Å². The third-order valence-electron chi connectivity index (χ3n) is 4.23. The molecule has 2 aliphatic rings. The fourth-order valence-electron chi connectivity index (χ4n) is 2.66. The molecule has 22 heavy (non-hydrogen) atoms. The van der Waals surface area contributed by atoms with Crippen molar-refractivity contribution in [1.82, 2.24) is 15.1 Å². The highest BCUT2D eigenvalue weighted by Crippen LogP contribution is 2.29. The van der Waals surface area contributed by atoms with Crippen molar-refractivity contribution in [3.63, 3.8) is 0 Å². The van der Waals surface area contributed by atoms with Gasteiger partial charge in [0.25, 0.3) is 5.91 Å². The summed E-state index contributed by atoms with van der Waals surface area (Å²) >= 11 is 0. The Bertz CT molecular complexity index is 524. The standard InChI is InChI=1S/C15H22N4O2.HI/c1-11-10-12(11)17-15(16-2)19-7-5-18(6-8-19)14(20)13-4-3-9-21-13;/h3-4,9,11-12H,5-8,10H2,1-2H3,(H,16,17);1H. The summed E-state index contributed by atoms with van der Waals surface area (Å²) in [7, 11) is 1.82. The molecule has 122 valence electrons. The van der Waals surface area contributed by atoms with Crippen molar-refractivity contribution in [2.45, 2.75) is 19.4 Å². The molecule has 0 aromatic carbocycles. The molecule has 1 amide bonds. The third-order valence-corrected chi connectivity index (χ3v) is 4.23. The smallest absolute Gasteiger partial charge is 0.289 e. The molecule has 6 nitrogen and oxygen atoms in total. The van der Waals surface area contributed by atoms with Crippen LogP contribution in [0.4, 0.5) is 0 Å². The number of hydrogen-bond donors (Lipinski definition) is 1. The molecule has 2 atom stereocenters. The summed E-state index contributed by atoms with van der Waals surface area (Å²) in [6.45, 7) is 5.23. The highest BCUT2D eigenvalue weighted by atomic mass is 127. The van der Waals surface area contributed by atoms with Gasteiger partial charge < -0.3 is 19.5 Å². The average molecular weight is 418 g/mol. The summed E-state index contributed by atoms with van der Waals surface area (Å²) in [6, 6.07) is 4.02. The maximum Gasteiger partial charge on any atom is 0.289 e. The van der Waals surface area contributed by atoms with Crippen molar-refractivity contribution in [3.8, 4) is 0 Å². The number of carbonyl (C=O) groups is 1. The van der Waals surface area contributed by atoms with E-state index in [4.69, 9.17) is 4.42 Å². The Hall–Kier alpha value is -1.25. The minimum atomic E-state index is -0.0292. The predicted octanol–water partition coefficient (Wildman–Crippen LogP) is 1.64. The Labute approximate surface area is 147 Å². The van der Waals surface area contributed by atoms with E-state index >= 15 is 0 Å². The van der Waals surface area contributed by atoms with Gasteiger partial charge in [0.2, 0.25) is 0 Å². The molecule has 0 bridgehead atoms. The van der Waals surface area contributed by atoms with Crippen molar-refractivity contribution in [2.24, 2.45) is 10.9 Å². The van der Waals surface area contributed by atoms with Gasteiger partial charge in [-0.3, -0.25) is 9.79 Å². The lowest BCUT2D eigenvalue weighted by atomic mass is 10.3. The number of aliphatic imine (C=N–C) groups is 1. The van der Waals surface area contributed by atoms with Crippen LogP contribution in [-0.4, -0.2) is 60.9 Å². The van der Waals surface area contributed by atoms with Crippen LogP contribution in [-0.2, 0) is 0 Å². The Morgan fingerprint density at radius 3 is 2.45 bits per heavy atom. The van der Waals surface area contributed by atoms with Gasteiger partial charge in [-0.1, -0.05) is 6.92 Å². The first-order valence-electron chi connectivity index (χ1n) is 7.50. The molecule has 1 N–H and O–H groups in total. The van der Waals surface area contributed by atoms with Gasteiger partial charge in [0.05, 0.1) is 6.26 Å². The second kappa shape index (κ2) is 7.34. The van der Waals surface area contributed by atoms with E-state index in [2.05, 4.69) is 22.1 Å². The van der Waals surface area contributed by atoms with Crippen LogP contribution in [0.15, 0.2) is 27.8 Å². The van der Waals surface area contributed by atoms with E-state index in [1.54, 1.807) is 12.1 Å². The van der Waals surface area contributed by atoms with Crippen molar-refractivity contribution in [2.75, 3.05) is 33.2 Å². The quantitative estimate of drug-likeness (QED) is 0.451.